The third-order valence-corrected chi connectivity index (χ3v) is 5.73. The molecular weight excluding hydrogens is 368 g/mol. The van der Waals surface area contributed by atoms with E-state index in [1.807, 2.05) is 66.9 Å². The van der Waals surface area contributed by atoms with E-state index in [4.69, 9.17) is 5.10 Å². The molecule has 4 nitrogen and oxygen atoms in total. The van der Waals surface area contributed by atoms with Gasteiger partial charge in [0.15, 0.2) is 9.84 Å². The van der Waals surface area contributed by atoms with E-state index < -0.39 is 9.84 Å². The maximum atomic E-state index is 12.6. The lowest BCUT2D eigenvalue weighted by atomic mass is 10.1. The van der Waals surface area contributed by atoms with Crippen molar-refractivity contribution in [2.24, 2.45) is 0 Å². The monoisotopic (exact) mass is 386 g/mol. The topological polar surface area (TPSA) is 52.0 Å². The Morgan fingerprint density at radius 1 is 0.750 bits per heavy atom. The summed E-state index contributed by atoms with van der Waals surface area (Å²) < 4.78 is 27.0. The Bertz CT molecular complexity index is 1200. The first-order valence-corrected chi connectivity index (χ1v) is 10.4. The van der Waals surface area contributed by atoms with Gasteiger partial charge in [0.1, 0.15) is 0 Å². The molecule has 0 N–H and O–H groups in total. The van der Waals surface area contributed by atoms with Crippen molar-refractivity contribution in [1.82, 2.24) is 9.78 Å². The van der Waals surface area contributed by atoms with Crippen LogP contribution in [0, 0.1) is 0 Å². The van der Waals surface area contributed by atoms with Crippen LogP contribution < -0.4 is 0 Å². The Hall–Kier alpha value is -3.44. The number of aromatic nitrogens is 2. The predicted molar refractivity (Wildman–Crippen MR) is 112 cm³/mol. The Balaban J connectivity index is 1.78. The lowest BCUT2D eigenvalue weighted by Gasteiger charge is -2.00. The van der Waals surface area contributed by atoms with Crippen molar-refractivity contribution in [3.63, 3.8) is 0 Å². The first-order chi connectivity index (χ1) is 13.6. The van der Waals surface area contributed by atoms with Crippen LogP contribution in [-0.4, -0.2) is 18.2 Å². The van der Waals surface area contributed by atoms with Crippen LogP contribution in [0.15, 0.2) is 107 Å². The summed E-state index contributed by atoms with van der Waals surface area (Å²) in [6.45, 7) is 0. The molecule has 0 unspecified atom stereocenters. The molecule has 0 aliphatic rings. The number of hydrogen-bond acceptors (Lipinski definition) is 3. The SMILES string of the molecule is O=S(=O)(/C=C/c1cn(-c2ccccc2)nc1-c1ccccc1)c1ccccc1. The molecule has 4 rings (SSSR count). The van der Waals surface area contributed by atoms with Crippen LogP contribution >= 0.6 is 0 Å². The first-order valence-electron chi connectivity index (χ1n) is 8.82. The summed E-state index contributed by atoms with van der Waals surface area (Å²) in [5.41, 5.74) is 3.29. The van der Waals surface area contributed by atoms with Crippen molar-refractivity contribution < 1.29 is 8.42 Å². The van der Waals surface area contributed by atoms with Gasteiger partial charge in [-0.05, 0) is 30.3 Å². The highest BCUT2D eigenvalue weighted by molar-refractivity contribution is 7.94. The molecular formula is C23H18N2O2S. The fraction of sp³-hybridized carbons (Fsp3) is 0. The molecule has 0 radical (unpaired) electrons. The lowest BCUT2D eigenvalue weighted by Crippen LogP contribution is -1.95. The molecule has 0 fully saturated rings. The highest BCUT2D eigenvalue weighted by Gasteiger charge is 2.13. The quantitative estimate of drug-likeness (QED) is 0.486. The minimum atomic E-state index is -3.53. The van der Waals surface area contributed by atoms with Crippen LogP contribution in [0.4, 0.5) is 0 Å². The van der Waals surface area contributed by atoms with Gasteiger partial charge in [-0.2, -0.15) is 5.10 Å². The number of para-hydroxylation sites is 1. The molecule has 0 bridgehead atoms. The standard InChI is InChI=1S/C23H18N2O2S/c26-28(27,22-14-8-3-9-15-22)17-16-20-18-25(21-12-6-2-7-13-21)24-23(20)19-10-4-1-5-11-19/h1-18H/b17-16+. The lowest BCUT2D eigenvalue weighted by molar-refractivity contribution is 0.605. The van der Waals surface area contributed by atoms with Gasteiger partial charge in [0.2, 0.25) is 0 Å². The molecule has 28 heavy (non-hydrogen) atoms. The van der Waals surface area contributed by atoms with Gasteiger partial charge in [-0.3, -0.25) is 0 Å². The summed E-state index contributed by atoms with van der Waals surface area (Å²) in [6.07, 6.45) is 3.45. The molecule has 138 valence electrons. The molecule has 0 aliphatic carbocycles. The number of benzene rings is 3. The molecule has 1 heterocycles. The largest absolute Gasteiger partial charge is 0.240 e. The van der Waals surface area contributed by atoms with Gasteiger partial charge in [-0.15, -0.1) is 0 Å². The van der Waals surface area contributed by atoms with E-state index in [2.05, 4.69) is 0 Å². The Morgan fingerprint density at radius 2 is 1.32 bits per heavy atom. The van der Waals surface area contributed by atoms with E-state index in [1.54, 1.807) is 41.1 Å². The van der Waals surface area contributed by atoms with Crippen molar-refractivity contribution >= 4 is 15.9 Å². The smallest absolute Gasteiger partial charge is 0.199 e. The zero-order valence-corrected chi connectivity index (χ0v) is 15.8. The second kappa shape index (κ2) is 7.66. The highest BCUT2D eigenvalue weighted by Crippen LogP contribution is 2.25. The van der Waals surface area contributed by atoms with Gasteiger partial charge >= 0.3 is 0 Å². The van der Waals surface area contributed by atoms with Crippen molar-refractivity contribution in [2.75, 3.05) is 0 Å². The van der Waals surface area contributed by atoms with E-state index in [-0.39, 0.29) is 4.90 Å². The van der Waals surface area contributed by atoms with Crippen LogP contribution in [0.5, 0.6) is 0 Å². The van der Waals surface area contributed by atoms with Gasteiger partial charge in [0, 0.05) is 22.7 Å². The maximum absolute atomic E-state index is 12.6. The van der Waals surface area contributed by atoms with Gasteiger partial charge in [-0.25, -0.2) is 13.1 Å². The maximum Gasteiger partial charge on any atom is 0.199 e. The molecule has 0 aliphatic heterocycles. The van der Waals surface area contributed by atoms with Crippen LogP contribution in [0.25, 0.3) is 23.0 Å². The number of sulfone groups is 1. The van der Waals surface area contributed by atoms with Crippen LogP contribution in [-0.2, 0) is 9.84 Å². The number of hydrogen-bond donors (Lipinski definition) is 0. The van der Waals surface area contributed by atoms with E-state index in [0.29, 0.717) is 0 Å². The van der Waals surface area contributed by atoms with E-state index in [1.165, 1.54) is 5.41 Å². The zero-order chi connectivity index (χ0) is 19.4. The van der Waals surface area contributed by atoms with Crippen molar-refractivity contribution in [1.29, 1.82) is 0 Å². The van der Waals surface area contributed by atoms with Crippen LogP contribution in [0.3, 0.4) is 0 Å². The van der Waals surface area contributed by atoms with E-state index in [9.17, 15) is 8.42 Å². The van der Waals surface area contributed by atoms with E-state index >= 15 is 0 Å². The molecule has 1 aromatic heterocycles. The number of nitrogens with zero attached hydrogens (tertiary/aromatic N) is 2. The number of rotatable bonds is 5. The van der Waals surface area contributed by atoms with Crippen LogP contribution in [0.2, 0.25) is 0 Å². The molecule has 0 atom stereocenters. The highest BCUT2D eigenvalue weighted by atomic mass is 32.2. The summed E-state index contributed by atoms with van der Waals surface area (Å²) in [6, 6.07) is 27.8. The molecule has 0 spiro atoms. The summed E-state index contributed by atoms with van der Waals surface area (Å²) in [7, 11) is -3.53. The average Bonchev–Trinajstić information content (AvgIpc) is 3.19. The van der Waals surface area contributed by atoms with Crippen LogP contribution in [0.1, 0.15) is 5.56 Å². The molecule has 4 aromatic rings. The van der Waals surface area contributed by atoms with E-state index in [0.717, 1.165) is 22.5 Å². The minimum Gasteiger partial charge on any atom is -0.240 e. The molecule has 5 heteroatoms. The predicted octanol–water partition coefficient (Wildman–Crippen LogP) is 4.98. The van der Waals surface area contributed by atoms with Gasteiger partial charge < -0.3 is 0 Å². The second-order valence-electron chi connectivity index (χ2n) is 6.24. The second-order valence-corrected chi connectivity index (χ2v) is 8.07. The Kier molecular flexibility index (Phi) is 4.91. The fourth-order valence-corrected chi connectivity index (χ4v) is 3.91. The fourth-order valence-electron chi connectivity index (χ4n) is 2.89. The average molecular weight is 386 g/mol. The molecule has 0 saturated carbocycles. The van der Waals surface area contributed by atoms with Crippen molar-refractivity contribution in [2.45, 2.75) is 4.90 Å². The van der Waals surface area contributed by atoms with Crippen molar-refractivity contribution in [3.8, 4) is 16.9 Å². The minimum absolute atomic E-state index is 0.267. The Labute approximate surface area is 164 Å². The summed E-state index contributed by atoms with van der Waals surface area (Å²) in [5, 5.41) is 5.93. The third kappa shape index (κ3) is 3.80. The normalized spacial score (nSPS) is 11.7. The molecule has 0 amide bonds. The van der Waals surface area contributed by atoms with Gasteiger partial charge in [0.05, 0.1) is 16.3 Å². The molecule has 3 aromatic carbocycles. The molecule has 0 saturated heterocycles. The van der Waals surface area contributed by atoms with Crippen molar-refractivity contribution in [3.05, 3.63) is 108 Å². The Morgan fingerprint density at radius 3 is 1.96 bits per heavy atom. The van der Waals surface area contributed by atoms with Gasteiger partial charge in [-0.1, -0.05) is 66.7 Å². The third-order valence-electron chi connectivity index (χ3n) is 4.31. The summed E-state index contributed by atoms with van der Waals surface area (Å²) in [4.78, 5) is 0.267. The summed E-state index contributed by atoms with van der Waals surface area (Å²) >= 11 is 0. The summed E-state index contributed by atoms with van der Waals surface area (Å²) in [5.74, 6) is 0. The first kappa shape index (κ1) is 17.9. The zero-order valence-electron chi connectivity index (χ0n) is 15.0. The van der Waals surface area contributed by atoms with Gasteiger partial charge in [0.25, 0.3) is 0 Å².